The van der Waals surface area contributed by atoms with Crippen molar-refractivity contribution in [2.75, 3.05) is 0 Å². The molecular formula is C18H23F3N2O2. The fourth-order valence-corrected chi connectivity index (χ4v) is 2.26. The number of nitrogens with zero attached hydrogens (tertiary/aromatic N) is 2. The van der Waals surface area contributed by atoms with E-state index in [1.165, 1.54) is 0 Å². The zero-order chi connectivity index (χ0) is 19.2. The van der Waals surface area contributed by atoms with Gasteiger partial charge in [0.15, 0.2) is 0 Å². The highest BCUT2D eigenvalue weighted by molar-refractivity contribution is 5.69. The fraction of sp³-hybridized carbons (Fsp3) is 0.444. The van der Waals surface area contributed by atoms with E-state index in [1.54, 1.807) is 13.0 Å². The molecule has 0 aliphatic rings. The van der Waals surface area contributed by atoms with Crippen molar-refractivity contribution in [3.63, 3.8) is 0 Å². The third-order valence-corrected chi connectivity index (χ3v) is 3.49. The van der Waals surface area contributed by atoms with E-state index in [9.17, 15) is 23.4 Å². The summed E-state index contributed by atoms with van der Waals surface area (Å²) < 4.78 is 37.9. The van der Waals surface area contributed by atoms with Crippen molar-refractivity contribution in [2.24, 2.45) is 0 Å². The molecule has 2 rings (SSSR count). The number of phenols is 1. The number of alkyl halides is 3. The average Bonchev–Trinajstić information content (AvgIpc) is 2.56. The smallest absolute Gasteiger partial charge is 0.416 e. The lowest BCUT2D eigenvalue weighted by molar-refractivity contribution is -0.137. The molecule has 2 aromatic rings. The highest BCUT2D eigenvalue weighted by Crippen LogP contribution is 2.36. The molecule has 0 saturated heterocycles. The Morgan fingerprint density at radius 1 is 1.12 bits per heavy atom. The van der Waals surface area contributed by atoms with E-state index in [-0.39, 0.29) is 11.3 Å². The molecule has 1 unspecified atom stereocenters. The van der Waals surface area contributed by atoms with Crippen molar-refractivity contribution >= 4 is 0 Å². The molecule has 138 valence electrons. The Labute approximate surface area is 145 Å². The number of aromatic hydroxyl groups is 1. The standard InChI is InChI=1S/C16H17F3N2O2.C2H6/c1-3-4-13(22)12-7-9(2)15(21-20-12)11-6-5-10(8-14(11)23)16(17,18)19;1-2/h5-8,13,22-23H,3-4H2,1-2H3;1-2H3. The van der Waals surface area contributed by atoms with E-state index in [2.05, 4.69) is 10.2 Å². The zero-order valence-electron chi connectivity index (χ0n) is 14.7. The molecule has 1 heterocycles. The molecule has 0 bridgehead atoms. The number of aliphatic hydroxyl groups is 1. The molecule has 0 fully saturated rings. The molecule has 0 aliphatic heterocycles. The van der Waals surface area contributed by atoms with Crippen LogP contribution in [0.4, 0.5) is 13.2 Å². The predicted molar refractivity (Wildman–Crippen MR) is 90.1 cm³/mol. The van der Waals surface area contributed by atoms with Crippen molar-refractivity contribution < 1.29 is 23.4 Å². The van der Waals surface area contributed by atoms with E-state index < -0.39 is 23.6 Å². The molecule has 4 nitrogen and oxygen atoms in total. The maximum atomic E-state index is 12.6. The van der Waals surface area contributed by atoms with E-state index >= 15 is 0 Å². The summed E-state index contributed by atoms with van der Waals surface area (Å²) in [6.07, 6.45) is -3.94. The van der Waals surface area contributed by atoms with Gasteiger partial charge in [0.05, 0.1) is 23.1 Å². The van der Waals surface area contributed by atoms with Gasteiger partial charge in [-0.2, -0.15) is 18.3 Å². The van der Waals surface area contributed by atoms with E-state index in [1.807, 2.05) is 20.8 Å². The number of halogens is 3. The van der Waals surface area contributed by atoms with E-state index in [4.69, 9.17) is 0 Å². The SMILES string of the molecule is CC.CCCC(O)c1cc(C)c(-c2ccc(C(F)(F)F)cc2O)nn1. The third-order valence-electron chi connectivity index (χ3n) is 3.49. The van der Waals surface area contributed by atoms with Gasteiger partial charge in [-0.3, -0.25) is 0 Å². The van der Waals surface area contributed by atoms with Gasteiger partial charge in [0.2, 0.25) is 0 Å². The molecule has 1 aromatic carbocycles. The molecule has 0 spiro atoms. The molecular weight excluding hydrogens is 333 g/mol. The van der Waals surface area contributed by atoms with Gasteiger partial charge in [0.1, 0.15) is 5.75 Å². The van der Waals surface area contributed by atoms with E-state index in [0.717, 1.165) is 18.6 Å². The molecule has 0 amide bonds. The van der Waals surface area contributed by atoms with Crippen LogP contribution in [-0.4, -0.2) is 20.4 Å². The molecule has 0 aliphatic carbocycles. The largest absolute Gasteiger partial charge is 0.507 e. The summed E-state index contributed by atoms with van der Waals surface area (Å²) in [5, 5.41) is 27.7. The van der Waals surface area contributed by atoms with E-state index in [0.29, 0.717) is 23.7 Å². The first kappa shape index (κ1) is 20.9. The fourth-order valence-electron chi connectivity index (χ4n) is 2.26. The Bertz CT molecular complexity index is 703. The van der Waals surface area contributed by atoms with Crippen LogP contribution < -0.4 is 0 Å². The van der Waals surface area contributed by atoms with Crippen LogP contribution in [0.25, 0.3) is 11.3 Å². The number of hydrogen-bond acceptors (Lipinski definition) is 4. The Balaban J connectivity index is 0.00000151. The number of phenolic OH excluding ortho intramolecular Hbond substituents is 1. The first-order valence-electron chi connectivity index (χ1n) is 8.17. The minimum Gasteiger partial charge on any atom is -0.507 e. The summed E-state index contributed by atoms with van der Waals surface area (Å²) in [5.74, 6) is -0.515. The van der Waals surface area contributed by atoms with Crippen molar-refractivity contribution in [3.8, 4) is 17.0 Å². The number of benzene rings is 1. The van der Waals surface area contributed by atoms with Crippen LogP contribution in [0.1, 0.15) is 56.5 Å². The summed E-state index contributed by atoms with van der Waals surface area (Å²) in [7, 11) is 0. The quantitative estimate of drug-likeness (QED) is 0.806. The van der Waals surface area contributed by atoms with Crippen LogP contribution in [-0.2, 0) is 6.18 Å². The average molecular weight is 356 g/mol. The van der Waals surface area contributed by atoms with Crippen molar-refractivity contribution in [1.82, 2.24) is 10.2 Å². The van der Waals surface area contributed by atoms with Crippen LogP contribution in [0, 0.1) is 6.92 Å². The summed E-state index contributed by atoms with van der Waals surface area (Å²) >= 11 is 0. The Hall–Kier alpha value is -2.15. The van der Waals surface area contributed by atoms with Crippen LogP contribution >= 0.6 is 0 Å². The van der Waals surface area contributed by atoms with Crippen LogP contribution in [0.5, 0.6) is 5.75 Å². The maximum absolute atomic E-state index is 12.6. The second kappa shape index (κ2) is 8.80. The lowest BCUT2D eigenvalue weighted by Crippen LogP contribution is -2.06. The number of aromatic nitrogens is 2. The van der Waals surface area contributed by atoms with Crippen LogP contribution in [0.3, 0.4) is 0 Å². The van der Waals surface area contributed by atoms with Gasteiger partial charge < -0.3 is 10.2 Å². The van der Waals surface area contributed by atoms with Gasteiger partial charge in [0.25, 0.3) is 0 Å². The zero-order valence-corrected chi connectivity index (χ0v) is 14.7. The molecule has 0 saturated carbocycles. The van der Waals surface area contributed by atoms with Gasteiger partial charge >= 0.3 is 6.18 Å². The monoisotopic (exact) mass is 356 g/mol. The minimum atomic E-state index is -4.52. The van der Waals surface area contributed by atoms with Gasteiger partial charge in [-0.25, -0.2) is 0 Å². The molecule has 2 N–H and O–H groups in total. The van der Waals surface area contributed by atoms with Crippen molar-refractivity contribution in [2.45, 2.75) is 52.8 Å². The Morgan fingerprint density at radius 3 is 2.24 bits per heavy atom. The normalized spacial score (nSPS) is 12.3. The van der Waals surface area contributed by atoms with Gasteiger partial charge in [0, 0.05) is 5.56 Å². The number of aliphatic hydroxyl groups excluding tert-OH is 1. The number of rotatable bonds is 4. The molecule has 7 heteroatoms. The molecule has 25 heavy (non-hydrogen) atoms. The Kier molecular flexibility index (Phi) is 7.36. The second-order valence-corrected chi connectivity index (χ2v) is 5.33. The van der Waals surface area contributed by atoms with Gasteiger partial charge in [-0.15, -0.1) is 5.10 Å². The molecule has 1 aromatic heterocycles. The first-order chi connectivity index (χ1) is 11.7. The van der Waals surface area contributed by atoms with Gasteiger partial charge in [-0.1, -0.05) is 27.2 Å². The third kappa shape index (κ3) is 5.16. The topological polar surface area (TPSA) is 66.2 Å². The highest BCUT2D eigenvalue weighted by atomic mass is 19.4. The molecule has 0 radical (unpaired) electrons. The summed E-state index contributed by atoms with van der Waals surface area (Å²) in [5.41, 5.74) is 0.530. The summed E-state index contributed by atoms with van der Waals surface area (Å²) in [6, 6.07) is 4.34. The summed E-state index contributed by atoms with van der Waals surface area (Å²) in [6.45, 7) is 7.63. The predicted octanol–water partition coefficient (Wildman–Crippen LogP) is 5.04. The van der Waals surface area contributed by atoms with Crippen molar-refractivity contribution in [3.05, 3.63) is 41.1 Å². The highest BCUT2D eigenvalue weighted by Gasteiger charge is 2.31. The number of aryl methyl sites for hydroxylation is 1. The van der Waals surface area contributed by atoms with Crippen LogP contribution in [0.2, 0.25) is 0 Å². The lowest BCUT2D eigenvalue weighted by Gasteiger charge is -2.13. The maximum Gasteiger partial charge on any atom is 0.416 e. The second-order valence-electron chi connectivity index (χ2n) is 5.33. The first-order valence-corrected chi connectivity index (χ1v) is 8.17. The molecule has 1 atom stereocenters. The van der Waals surface area contributed by atoms with Gasteiger partial charge in [-0.05, 0) is 43.2 Å². The summed E-state index contributed by atoms with van der Waals surface area (Å²) in [4.78, 5) is 0. The Morgan fingerprint density at radius 2 is 1.76 bits per heavy atom. The van der Waals surface area contributed by atoms with Crippen LogP contribution in [0.15, 0.2) is 24.3 Å². The minimum absolute atomic E-state index is 0.166. The lowest BCUT2D eigenvalue weighted by atomic mass is 10.0. The number of hydrogen-bond donors (Lipinski definition) is 2. The van der Waals surface area contributed by atoms with Crippen molar-refractivity contribution in [1.29, 1.82) is 0 Å².